The summed E-state index contributed by atoms with van der Waals surface area (Å²) in [4.78, 5) is 4.85. The normalized spacial score (nSPS) is 22.2. The molecule has 1 heterocycles. The number of aromatic nitrogens is 1. The zero-order valence-corrected chi connectivity index (χ0v) is 13.2. The maximum Gasteiger partial charge on any atom is 0.0705 e. The number of nitrogens with one attached hydrogen (secondary N) is 1. The molecular formula is C19H26N2. The number of fused-ring (bicyclic) bond motifs is 1. The van der Waals surface area contributed by atoms with Crippen molar-refractivity contribution in [1.29, 1.82) is 0 Å². The Bertz CT molecular complexity index is 591. The van der Waals surface area contributed by atoms with Crippen LogP contribution in [0.4, 0.5) is 0 Å². The van der Waals surface area contributed by atoms with E-state index in [4.69, 9.17) is 4.98 Å². The second-order valence-electron chi connectivity index (χ2n) is 6.71. The van der Waals surface area contributed by atoms with Crippen LogP contribution in [0.5, 0.6) is 0 Å². The van der Waals surface area contributed by atoms with Crippen molar-refractivity contribution < 1.29 is 0 Å². The lowest BCUT2D eigenvalue weighted by atomic mass is 9.91. The fourth-order valence-corrected chi connectivity index (χ4v) is 3.53. The van der Waals surface area contributed by atoms with Gasteiger partial charge in [-0.2, -0.15) is 0 Å². The Morgan fingerprint density at radius 3 is 2.76 bits per heavy atom. The number of hydrogen-bond donors (Lipinski definition) is 1. The van der Waals surface area contributed by atoms with E-state index in [0.29, 0.717) is 6.04 Å². The monoisotopic (exact) mass is 282 g/mol. The van der Waals surface area contributed by atoms with Crippen molar-refractivity contribution in [2.24, 2.45) is 11.8 Å². The highest BCUT2D eigenvalue weighted by atomic mass is 14.9. The van der Waals surface area contributed by atoms with Crippen molar-refractivity contribution in [2.75, 3.05) is 6.54 Å². The molecule has 0 aliphatic heterocycles. The van der Waals surface area contributed by atoms with Gasteiger partial charge in [-0.05, 0) is 49.8 Å². The summed E-state index contributed by atoms with van der Waals surface area (Å²) in [6, 6.07) is 13.4. The van der Waals surface area contributed by atoms with Crippen LogP contribution >= 0.6 is 0 Å². The van der Waals surface area contributed by atoms with Crippen LogP contribution in [0.2, 0.25) is 0 Å². The Morgan fingerprint density at radius 2 is 1.90 bits per heavy atom. The van der Waals surface area contributed by atoms with Crippen LogP contribution in [0.3, 0.4) is 0 Å². The molecule has 1 saturated carbocycles. The number of rotatable bonds is 5. The molecule has 2 atom stereocenters. The highest BCUT2D eigenvalue weighted by molar-refractivity contribution is 5.78. The minimum absolute atomic E-state index is 0.588. The van der Waals surface area contributed by atoms with Crippen molar-refractivity contribution in [2.45, 2.75) is 45.6 Å². The first-order valence-corrected chi connectivity index (χ1v) is 8.30. The smallest absolute Gasteiger partial charge is 0.0705 e. The molecule has 0 spiro atoms. The van der Waals surface area contributed by atoms with E-state index >= 15 is 0 Å². The summed E-state index contributed by atoms with van der Waals surface area (Å²) in [5, 5.41) is 4.85. The Kier molecular flexibility index (Phi) is 4.54. The fraction of sp³-hybridized carbons (Fsp3) is 0.526. The molecule has 1 N–H and O–H groups in total. The number of pyridine rings is 1. The number of hydrogen-bond acceptors (Lipinski definition) is 2. The third kappa shape index (κ3) is 3.62. The fourth-order valence-electron chi connectivity index (χ4n) is 3.53. The van der Waals surface area contributed by atoms with Crippen LogP contribution in [0.1, 0.15) is 38.8 Å². The largest absolute Gasteiger partial charge is 0.314 e. The molecule has 0 amide bonds. The predicted molar refractivity (Wildman–Crippen MR) is 89.4 cm³/mol. The quantitative estimate of drug-likeness (QED) is 0.889. The second kappa shape index (κ2) is 6.57. The molecule has 3 rings (SSSR count). The van der Waals surface area contributed by atoms with Crippen molar-refractivity contribution in [1.82, 2.24) is 10.3 Å². The van der Waals surface area contributed by atoms with Gasteiger partial charge in [0.1, 0.15) is 0 Å². The van der Waals surface area contributed by atoms with Crippen LogP contribution in [-0.4, -0.2) is 17.6 Å². The molecule has 0 saturated heterocycles. The third-order valence-electron chi connectivity index (χ3n) is 4.73. The Balaban J connectivity index is 1.68. The van der Waals surface area contributed by atoms with E-state index in [0.717, 1.165) is 30.3 Å². The lowest BCUT2D eigenvalue weighted by Crippen LogP contribution is -2.31. The SMILES string of the molecule is CC(C)NCC1CCCC1Cc1ccc2ccccc2n1. The first-order chi connectivity index (χ1) is 10.2. The summed E-state index contributed by atoms with van der Waals surface area (Å²) in [5.41, 5.74) is 2.39. The standard InChI is InChI=1S/C19H26N2/c1-14(2)20-13-17-8-5-7-16(17)12-18-11-10-15-6-3-4-9-19(15)21-18/h3-4,6,9-11,14,16-17,20H,5,7-8,12-13H2,1-2H3. The van der Waals surface area contributed by atoms with Gasteiger partial charge in [0.2, 0.25) is 0 Å². The van der Waals surface area contributed by atoms with Gasteiger partial charge in [-0.3, -0.25) is 4.98 Å². The van der Waals surface area contributed by atoms with Gasteiger partial charge in [-0.25, -0.2) is 0 Å². The number of nitrogens with zero attached hydrogens (tertiary/aromatic N) is 1. The summed E-state index contributed by atoms with van der Waals surface area (Å²) in [6.07, 6.45) is 5.24. The number of para-hydroxylation sites is 1. The van der Waals surface area contributed by atoms with Gasteiger partial charge >= 0.3 is 0 Å². The molecule has 1 aliphatic carbocycles. The van der Waals surface area contributed by atoms with Crippen molar-refractivity contribution in [3.8, 4) is 0 Å². The van der Waals surface area contributed by atoms with E-state index in [1.165, 1.54) is 30.3 Å². The van der Waals surface area contributed by atoms with E-state index in [1.54, 1.807) is 0 Å². The van der Waals surface area contributed by atoms with Crippen molar-refractivity contribution in [3.05, 3.63) is 42.1 Å². The molecule has 1 aliphatic rings. The van der Waals surface area contributed by atoms with Crippen LogP contribution in [0.15, 0.2) is 36.4 Å². The molecule has 2 aromatic rings. The summed E-state index contributed by atoms with van der Waals surface area (Å²) in [7, 11) is 0. The maximum atomic E-state index is 4.85. The van der Waals surface area contributed by atoms with E-state index in [1.807, 2.05) is 0 Å². The van der Waals surface area contributed by atoms with E-state index in [9.17, 15) is 0 Å². The van der Waals surface area contributed by atoms with Gasteiger partial charge in [0.05, 0.1) is 5.52 Å². The third-order valence-corrected chi connectivity index (χ3v) is 4.73. The zero-order chi connectivity index (χ0) is 14.7. The summed E-state index contributed by atoms with van der Waals surface area (Å²) in [5.74, 6) is 1.62. The van der Waals surface area contributed by atoms with Crippen LogP contribution < -0.4 is 5.32 Å². The molecule has 2 unspecified atom stereocenters. The van der Waals surface area contributed by atoms with Gasteiger partial charge in [0, 0.05) is 17.1 Å². The van der Waals surface area contributed by atoms with E-state index in [2.05, 4.69) is 55.6 Å². The molecule has 1 fully saturated rings. The Hall–Kier alpha value is -1.41. The van der Waals surface area contributed by atoms with Gasteiger partial charge in [-0.1, -0.05) is 44.5 Å². The summed E-state index contributed by atoms with van der Waals surface area (Å²) in [6.45, 7) is 5.62. The average molecular weight is 282 g/mol. The average Bonchev–Trinajstić information content (AvgIpc) is 2.92. The molecule has 2 nitrogen and oxygen atoms in total. The van der Waals surface area contributed by atoms with Crippen LogP contribution in [0, 0.1) is 11.8 Å². The molecule has 1 aromatic heterocycles. The van der Waals surface area contributed by atoms with Gasteiger partial charge in [0.15, 0.2) is 0 Å². The van der Waals surface area contributed by atoms with Crippen molar-refractivity contribution >= 4 is 10.9 Å². The molecule has 112 valence electrons. The highest BCUT2D eigenvalue weighted by Gasteiger charge is 2.27. The Labute approximate surface area is 128 Å². The predicted octanol–water partition coefficient (Wildman–Crippen LogP) is 4.19. The molecule has 2 heteroatoms. The second-order valence-corrected chi connectivity index (χ2v) is 6.71. The van der Waals surface area contributed by atoms with E-state index in [-0.39, 0.29) is 0 Å². The molecule has 0 radical (unpaired) electrons. The first-order valence-electron chi connectivity index (χ1n) is 8.30. The zero-order valence-electron chi connectivity index (χ0n) is 13.2. The van der Waals surface area contributed by atoms with Gasteiger partial charge in [0.25, 0.3) is 0 Å². The van der Waals surface area contributed by atoms with E-state index < -0.39 is 0 Å². The van der Waals surface area contributed by atoms with Crippen molar-refractivity contribution in [3.63, 3.8) is 0 Å². The number of benzene rings is 1. The summed E-state index contributed by atoms with van der Waals surface area (Å²) >= 11 is 0. The van der Waals surface area contributed by atoms with Crippen LogP contribution in [0.25, 0.3) is 10.9 Å². The van der Waals surface area contributed by atoms with Gasteiger partial charge < -0.3 is 5.32 Å². The Morgan fingerprint density at radius 1 is 1.10 bits per heavy atom. The van der Waals surface area contributed by atoms with Gasteiger partial charge in [-0.15, -0.1) is 0 Å². The molecular weight excluding hydrogens is 256 g/mol. The first kappa shape index (κ1) is 14.5. The lowest BCUT2D eigenvalue weighted by Gasteiger charge is -2.21. The minimum Gasteiger partial charge on any atom is -0.314 e. The highest BCUT2D eigenvalue weighted by Crippen LogP contribution is 2.33. The molecule has 21 heavy (non-hydrogen) atoms. The topological polar surface area (TPSA) is 24.9 Å². The minimum atomic E-state index is 0.588. The maximum absolute atomic E-state index is 4.85. The van der Waals surface area contributed by atoms with Crippen LogP contribution in [-0.2, 0) is 6.42 Å². The lowest BCUT2D eigenvalue weighted by molar-refractivity contribution is 0.352. The molecule has 0 bridgehead atoms. The molecule has 1 aromatic carbocycles. The summed E-state index contributed by atoms with van der Waals surface area (Å²) < 4.78 is 0.